The molecule has 0 fully saturated rings. The van der Waals surface area contributed by atoms with Gasteiger partial charge in [0.1, 0.15) is 5.65 Å². The molecule has 2 aliphatic rings. The Labute approximate surface area is 219 Å². The van der Waals surface area contributed by atoms with E-state index in [4.69, 9.17) is 4.98 Å². The number of nitrogens with zero attached hydrogens (tertiary/aromatic N) is 4. The van der Waals surface area contributed by atoms with Gasteiger partial charge in [-0.3, -0.25) is 4.99 Å². The zero-order valence-corrected chi connectivity index (χ0v) is 22.3. The molecule has 1 unspecified atom stereocenters. The van der Waals surface area contributed by atoms with Crippen LogP contribution in [0.5, 0.6) is 0 Å². The van der Waals surface area contributed by atoms with Crippen LogP contribution in [0.4, 0.5) is 20.4 Å². The summed E-state index contributed by atoms with van der Waals surface area (Å²) in [4.78, 5) is 21.3. The highest BCUT2D eigenvalue weighted by molar-refractivity contribution is 5.97. The summed E-state index contributed by atoms with van der Waals surface area (Å²) in [6, 6.07) is 3.69. The minimum atomic E-state index is -2.41. The van der Waals surface area contributed by atoms with E-state index in [1.807, 2.05) is 59.4 Å². The topological polar surface area (TPSA) is 103 Å². The summed E-state index contributed by atoms with van der Waals surface area (Å²) in [7, 11) is 5.66. The lowest BCUT2D eigenvalue weighted by Crippen LogP contribution is -2.12. The molecule has 0 saturated carbocycles. The summed E-state index contributed by atoms with van der Waals surface area (Å²) in [6.45, 7) is 5.78. The number of H-pyrrole nitrogens is 1. The molecule has 4 heterocycles. The molecule has 0 amide bonds. The summed E-state index contributed by atoms with van der Waals surface area (Å²) in [5.74, 6) is 0.0372. The maximum atomic E-state index is 13.1. The highest BCUT2D eigenvalue weighted by Gasteiger charge is 2.29. The van der Waals surface area contributed by atoms with Gasteiger partial charge in [-0.15, -0.1) is 0 Å². The summed E-state index contributed by atoms with van der Waals surface area (Å²) in [5.41, 5.74) is 6.22. The first-order chi connectivity index (χ1) is 17.9. The second-order valence-corrected chi connectivity index (χ2v) is 8.43. The molecule has 5 rings (SSSR count). The van der Waals surface area contributed by atoms with E-state index >= 15 is 0 Å². The van der Waals surface area contributed by atoms with Crippen molar-refractivity contribution in [3.8, 4) is 11.3 Å². The Balaban J connectivity index is 0.00000102. The smallest absolute Gasteiger partial charge is 0.239 e. The van der Waals surface area contributed by atoms with Crippen LogP contribution < -0.4 is 16.0 Å². The Morgan fingerprint density at radius 2 is 1.92 bits per heavy atom. The minimum absolute atomic E-state index is 0. The van der Waals surface area contributed by atoms with E-state index in [1.54, 1.807) is 13.1 Å². The average molecular weight is 515 g/mol. The molecule has 1 aliphatic carbocycles. The highest BCUT2D eigenvalue weighted by Crippen LogP contribution is 2.39. The van der Waals surface area contributed by atoms with Crippen LogP contribution in [0.25, 0.3) is 22.3 Å². The van der Waals surface area contributed by atoms with Gasteiger partial charge in [0.05, 0.1) is 17.1 Å². The lowest BCUT2D eigenvalue weighted by molar-refractivity contribution is 0.135. The van der Waals surface area contributed by atoms with Crippen LogP contribution in [0, 0.1) is 0 Å². The number of hydrogen-bond acceptors (Lipinski definition) is 7. The minimum Gasteiger partial charge on any atom is -0.391 e. The van der Waals surface area contributed by atoms with E-state index in [9.17, 15) is 8.78 Å². The Morgan fingerprint density at radius 3 is 2.62 bits per heavy atom. The van der Waals surface area contributed by atoms with Gasteiger partial charge in [0.25, 0.3) is 0 Å². The molecule has 1 aliphatic heterocycles. The first kappa shape index (κ1) is 27.9. The monoisotopic (exact) mass is 514 g/mol. The van der Waals surface area contributed by atoms with Crippen molar-refractivity contribution in [3.63, 3.8) is 0 Å². The quantitative estimate of drug-likeness (QED) is 0.303. The number of allylic oxidation sites excluding steroid dienone is 3. The number of pyridine rings is 1. The molecule has 0 spiro atoms. The number of alkyl halides is 2. The second-order valence-electron chi connectivity index (χ2n) is 8.43. The van der Waals surface area contributed by atoms with Gasteiger partial charge >= 0.3 is 0 Å². The number of rotatable bonds is 6. The SMILES string of the molecule is CC.CNC.CNC1=CC(Nc2ncc3c(-c4ccc5c(n4)C(CC(F)F)C(C)=N5)c[nH]c3n2)=CCC1.[HH].[HH]. The number of hydrogen-bond donors (Lipinski definition) is 4. The Morgan fingerprint density at radius 1 is 1.16 bits per heavy atom. The van der Waals surface area contributed by atoms with Gasteiger partial charge in [0.2, 0.25) is 12.4 Å². The van der Waals surface area contributed by atoms with E-state index < -0.39 is 12.3 Å². The van der Waals surface area contributed by atoms with Gasteiger partial charge in [-0.1, -0.05) is 19.9 Å². The lowest BCUT2D eigenvalue weighted by Gasteiger charge is -2.14. The molecule has 3 aromatic rings. The molecule has 0 bridgehead atoms. The van der Waals surface area contributed by atoms with Crippen molar-refractivity contribution in [2.24, 2.45) is 4.99 Å². The molecule has 1 atom stereocenters. The van der Waals surface area contributed by atoms with Crippen LogP contribution in [0.3, 0.4) is 0 Å². The van der Waals surface area contributed by atoms with E-state index in [0.717, 1.165) is 35.2 Å². The van der Waals surface area contributed by atoms with E-state index in [-0.39, 0.29) is 9.27 Å². The summed E-state index contributed by atoms with van der Waals surface area (Å²) >= 11 is 0. The molecular formula is C27H40F2N8. The van der Waals surface area contributed by atoms with E-state index in [0.29, 0.717) is 34.4 Å². The third kappa shape index (κ3) is 6.56. The molecular weight excluding hydrogens is 474 g/mol. The summed E-state index contributed by atoms with van der Waals surface area (Å²) in [5, 5.41) is 9.99. The van der Waals surface area contributed by atoms with E-state index in [1.165, 1.54) is 0 Å². The van der Waals surface area contributed by atoms with Gasteiger partial charge in [-0.25, -0.2) is 18.7 Å². The lowest BCUT2D eigenvalue weighted by atomic mass is 9.97. The zero-order valence-electron chi connectivity index (χ0n) is 22.3. The van der Waals surface area contributed by atoms with Crippen LogP contribution in [-0.2, 0) is 0 Å². The van der Waals surface area contributed by atoms with Crippen molar-refractivity contribution < 1.29 is 11.6 Å². The zero-order chi connectivity index (χ0) is 26.9. The maximum absolute atomic E-state index is 13.1. The Bertz CT molecular complexity index is 1300. The first-order valence-corrected chi connectivity index (χ1v) is 12.6. The summed E-state index contributed by atoms with van der Waals surface area (Å²) < 4.78 is 26.1. The molecule has 0 saturated heterocycles. The van der Waals surface area contributed by atoms with Crippen molar-refractivity contribution in [1.29, 1.82) is 0 Å². The number of aliphatic imine (C=N–C) groups is 1. The fraction of sp³-hybridized carbons (Fsp3) is 0.407. The largest absolute Gasteiger partial charge is 0.391 e. The van der Waals surface area contributed by atoms with Gasteiger partial charge in [0.15, 0.2) is 0 Å². The molecule has 37 heavy (non-hydrogen) atoms. The predicted molar refractivity (Wildman–Crippen MR) is 152 cm³/mol. The van der Waals surface area contributed by atoms with Gasteiger partial charge in [0, 0.05) is 62.7 Å². The summed E-state index contributed by atoms with van der Waals surface area (Å²) in [6.07, 6.45) is 6.98. The van der Waals surface area contributed by atoms with Crippen molar-refractivity contribution in [1.82, 2.24) is 30.6 Å². The van der Waals surface area contributed by atoms with Crippen molar-refractivity contribution in [3.05, 3.63) is 53.8 Å². The molecule has 3 aromatic heterocycles. The molecule has 4 N–H and O–H groups in total. The second kappa shape index (κ2) is 13.0. The van der Waals surface area contributed by atoms with Crippen LogP contribution in [0.1, 0.15) is 54.5 Å². The predicted octanol–water partition coefficient (Wildman–Crippen LogP) is 6.41. The molecule has 202 valence electrons. The fourth-order valence-corrected chi connectivity index (χ4v) is 4.19. The van der Waals surface area contributed by atoms with Crippen molar-refractivity contribution in [2.45, 2.75) is 52.4 Å². The number of aromatic nitrogens is 4. The molecule has 0 aromatic carbocycles. The normalized spacial score (nSPS) is 16.0. The standard InChI is InChI=1S/C23H23F2N7.C2H7N.C2H6.2H2/c1-12-15(9-20(24)25)21-19(29-12)7-6-18(31-21)16-10-27-22-17(16)11-28-23(32-22)30-14-5-3-4-13(8-14)26-2;1-3-2;1-2;;/h5-8,10-11,15,20,26H,3-4,9H2,1-2H3,(H2,27,28,30,32);3H,1-2H3;1-2H3;2*1H. The van der Waals surface area contributed by atoms with Crippen LogP contribution in [-0.4, -0.2) is 53.2 Å². The van der Waals surface area contributed by atoms with E-state index in [2.05, 4.69) is 42.0 Å². The van der Waals surface area contributed by atoms with Gasteiger partial charge in [-0.2, -0.15) is 4.98 Å². The van der Waals surface area contributed by atoms with Crippen molar-refractivity contribution >= 4 is 28.4 Å². The number of halogens is 2. The Kier molecular flexibility index (Phi) is 9.85. The van der Waals surface area contributed by atoms with Crippen LogP contribution in [0.15, 0.2) is 53.1 Å². The fourth-order valence-electron chi connectivity index (χ4n) is 4.19. The van der Waals surface area contributed by atoms with Crippen LogP contribution in [0.2, 0.25) is 0 Å². The van der Waals surface area contributed by atoms with Crippen LogP contribution >= 0.6 is 0 Å². The number of fused-ring (bicyclic) bond motifs is 2. The molecule has 0 radical (unpaired) electrons. The third-order valence-corrected chi connectivity index (χ3v) is 5.84. The molecule has 8 nitrogen and oxygen atoms in total. The first-order valence-electron chi connectivity index (χ1n) is 12.6. The molecule has 10 heteroatoms. The Hall–Kier alpha value is -3.66. The van der Waals surface area contributed by atoms with Gasteiger partial charge in [-0.05, 0) is 52.1 Å². The van der Waals surface area contributed by atoms with Gasteiger partial charge < -0.3 is 20.9 Å². The number of nitrogens with one attached hydrogen (secondary N) is 4. The highest BCUT2D eigenvalue weighted by atomic mass is 19.3. The van der Waals surface area contributed by atoms with Crippen molar-refractivity contribution in [2.75, 3.05) is 26.5 Å². The maximum Gasteiger partial charge on any atom is 0.239 e. The third-order valence-electron chi connectivity index (χ3n) is 5.84. The number of aromatic amines is 1. The average Bonchev–Trinajstić information content (AvgIpc) is 3.45. The number of anilines is 1.